The van der Waals surface area contributed by atoms with Crippen molar-refractivity contribution >= 4 is 15.9 Å². The van der Waals surface area contributed by atoms with E-state index in [0.29, 0.717) is 18.5 Å². The van der Waals surface area contributed by atoms with E-state index in [0.717, 1.165) is 38.9 Å². The fourth-order valence-electron chi connectivity index (χ4n) is 6.19. The second-order valence-corrected chi connectivity index (χ2v) is 12.9. The van der Waals surface area contributed by atoms with Crippen molar-refractivity contribution in [2.75, 3.05) is 26.2 Å². The fraction of sp³-hybridized carbons (Fsp3) is 0.483. The van der Waals surface area contributed by atoms with E-state index in [1.54, 1.807) is 30.3 Å². The van der Waals surface area contributed by atoms with Gasteiger partial charge in [-0.1, -0.05) is 41.6 Å². The van der Waals surface area contributed by atoms with Crippen LogP contribution in [0.2, 0.25) is 0 Å². The molecule has 3 aliphatic rings. The van der Waals surface area contributed by atoms with Crippen LogP contribution < -0.4 is 5.32 Å². The molecule has 212 valence electrons. The predicted octanol–water partition coefficient (Wildman–Crippen LogP) is 2.87. The van der Waals surface area contributed by atoms with Gasteiger partial charge in [-0.2, -0.15) is 4.31 Å². The number of nitrogens with zero attached hydrogens (tertiary/aromatic N) is 5. The highest BCUT2D eigenvalue weighted by molar-refractivity contribution is 7.89. The number of piperazine rings is 1. The number of likely N-dealkylation sites (tertiary alicyclic amines) is 1. The molecule has 1 amide bonds. The highest BCUT2D eigenvalue weighted by Crippen LogP contribution is 2.34. The summed E-state index contributed by atoms with van der Waals surface area (Å²) in [7, 11) is -3.84. The summed E-state index contributed by atoms with van der Waals surface area (Å²) in [5.74, 6) is -0.327. The monoisotopic (exact) mass is 566 g/mol. The van der Waals surface area contributed by atoms with E-state index in [4.69, 9.17) is 0 Å². The summed E-state index contributed by atoms with van der Waals surface area (Å²) < 4.78 is 43.4. The zero-order valence-corrected chi connectivity index (χ0v) is 23.3. The normalized spacial score (nSPS) is 23.1. The predicted molar refractivity (Wildman–Crippen MR) is 148 cm³/mol. The Kier molecular flexibility index (Phi) is 7.69. The van der Waals surface area contributed by atoms with Gasteiger partial charge in [0.2, 0.25) is 15.9 Å². The molecule has 2 saturated heterocycles. The third kappa shape index (κ3) is 5.55. The Labute approximate surface area is 234 Å². The summed E-state index contributed by atoms with van der Waals surface area (Å²) in [6, 6.07) is 14.0. The smallest absolute Gasteiger partial charge is 0.243 e. The van der Waals surface area contributed by atoms with Crippen LogP contribution in [0.3, 0.4) is 0 Å². The lowest BCUT2D eigenvalue weighted by atomic mass is 9.86. The molecule has 40 heavy (non-hydrogen) atoms. The highest BCUT2D eigenvalue weighted by atomic mass is 32.2. The molecule has 3 heterocycles. The average Bonchev–Trinajstić information content (AvgIpc) is 3.44. The van der Waals surface area contributed by atoms with Crippen LogP contribution in [0.4, 0.5) is 4.39 Å². The van der Waals surface area contributed by atoms with Gasteiger partial charge in [0.1, 0.15) is 12.2 Å². The first-order valence-electron chi connectivity index (χ1n) is 14.1. The van der Waals surface area contributed by atoms with E-state index < -0.39 is 22.2 Å². The average molecular weight is 567 g/mol. The lowest BCUT2D eigenvalue weighted by Gasteiger charge is -2.33. The maximum Gasteiger partial charge on any atom is 0.243 e. The van der Waals surface area contributed by atoms with Crippen molar-refractivity contribution in [1.82, 2.24) is 29.5 Å². The van der Waals surface area contributed by atoms with Crippen molar-refractivity contribution in [3.05, 3.63) is 77.1 Å². The molecule has 2 aromatic carbocycles. The lowest BCUT2D eigenvalue weighted by molar-refractivity contribution is -0.126. The fourth-order valence-corrected chi connectivity index (χ4v) is 7.80. The number of aryl methyl sites for hydroxylation is 1. The highest BCUT2D eigenvalue weighted by Gasteiger charge is 2.39. The largest absolute Gasteiger partial charge is 0.353 e. The van der Waals surface area contributed by atoms with Crippen molar-refractivity contribution in [3.63, 3.8) is 0 Å². The molecule has 2 aliphatic heterocycles. The summed E-state index contributed by atoms with van der Waals surface area (Å²) in [5, 5.41) is 11.6. The Morgan fingerprint density at radius 3 is 2.62 bits per heavy atom. The van der Waals surface area contributed by atoms with Gasteiger partial charge in [-0.05, 0) is 60.9 Å². The Balaban J connectivity index is 1.18. The van der Waals surface area contributed by atoms with Crippen LogP contribution in [0.5, 0.6) is 0 Å². The first-order valence-corrected chi connectivity index (χ1v) is 15.6. The minimum Gasteiger partial charge on any atom is -0.353 e. The number of sulfonamides is 1. The Morgan fingerprint density at radius 2 is 1.82 bits per heavy atom. The number of halogens is 1. The second-order valence-electron chi connectivity index (χ2n) is 11.0. The molecule has 0 bridgehead atoms. The number of rotatable bonds is 7. The van der Waals surface area contributed by atoms with Gasteiger partial charge < -0.3 is 5.32 Å². The van der Waals surface area contributed by atoms with Crippen LogP contribution in [0, 0.1) is 0 Å². The van der Waals surface area contributed by atoms with Crippen LogP contribution >= 0.6 is 0 Å². The molecule has 9 nitrogen and oxygen atoms in total. The Morgan fingerprint density at radius 1 is 1.02 bits per heavy atom. The van der Waals surface area contributed by atoms with Gasteiger partial charge in [-0.15, -0.1) is 5.10 Å². The lowest BCUT2D eigenvalue weighted by Crippen LogP contribution is -2.57. The van der Waals surface area contributed by atoms with Crippen LogP contribution in [-0.4, -0.2) is 76.9 Å². The molecule has 11 heteroatoms. The van der Waals surface area contributed by atoms with Crippen molar-refractivity contribution in [2.24, 2.45) is 0 Å². The van der Waals surface area contributed by atoms with E-state index >= 15 is 0 Å². The van der Waals surface area contributed by atoms with Gasteiger partial charge in [-0.3, -0.25) is 9.69 Å². The molecule has 1 N–H and O–H groups in total. The number of benzene rings is 2. The first-order chi connectivity index (χ1) is 19.4. The molecule has 6 rings (SSSR count). The SMILES string of the molecule is O=C1NCCN(S(=O)(=O)c2ccccc2)[C@@H]1Cc1cn([C@H]2CCCc3cc(CN4CCC(F)CC4)ccc32)nn1. The molecular weight excluding hydrogens is 531 g/mol. The molecule has 0 unspecified atom stereocenters. The van der Waals surface area contributed by atoms with Crippen LogP contribution in [0.15, 0.2) is 59.6 Å². The van der Waals surface area contributed by atoms with Gasteiger partial charge >= 0.3 is 0 Å². The standard InChI is InChI=1S/C29H35FN6O3S/c30-23-11-14-34(15-12-23)19-21-9-10-26-22(17-21)5-4-8-27(26)35-20-24(32-33-35)18-28-29(37)31-13-16-36(28)40(38,39)25-6-2-1-3-7-25/h1-3,6-7,9-10,17,20,23,27-28H,4-5,8,11-16,18-19H2,(H,31,37)/t27-,28+/m0/s1. The number of hydrogen-bond acceptors (Lipinski definition) is 6. The number of piperidine rings is 1. The molecule has 2 atom stereocenters. The van der Waals surface area contributed by atoms with Crippen molar-refractivity contribution in [2.45, 2.75) is 68.2 Å². The summed E-state index contributed by atoms with van der Waals surface area (Å²) in [5.41, 5.74) is 4.35. The third-order valence-electron chi connectivity index (χ3n) is 8.32. The number of carbonyl (C=O) groups excluding carboxylic acids is 1. The molecule has 0 spiro atoms. The summed E-state index contributed by atoms with van der Waals surface area (Å²) in [6.45, 7) is 2.90. The molecule has 3 aromatic rings. The maximum absolute atomic E-state index is 13.5. The zero-order chi connectivity index (χ0) is 27.7. The van der Waals surface area contributed by atoms with E-state index in [2.05, 4.69) is 38.7 Å². The molecule has 0 saturated carbocycles. The van der Waals surface area contributed by atoms with E-state index in [1.807, 2.05) is 10.9 Å². The zero-order valence-electron chi connectivity index (χ0n) is 22.5. The van der Waals surface area contributed by atoms with Gasteiger partial charge in [0.05, 0.1) is 16.6 Å². The maximum atomic E-state index is 13.5. The number of fused-ring (bicyclic) bond motifs is 1. The molecule has 1 aliphatic carbocycles. The molecule has 1 aromatic heterocycles. The summed E-state index contributed by atoms with van der Waals surface area (Å²) >= 11 is 0. The van der Waals surface area contributed by atoms with Gasteiger partial charge in [0, 0.05) is 45.3 Å². The van der Waals surface area contributed by atoms with Crippen molar-refractivity contribution in [3.8, 4) is 0 Å². The molecule has 0 radical (unpaired) electrons. The number of carbonyl (C=O) groups is 1. The second kappa shape index (κ2) is 11.4. The van der Waals surface area contributed by atoms with Crippen LogP contribution in [-0.2, 0) is 34.2 Å². The van der Waals surface area contributed by atoms with Crippen molar-refractivity contribution < 1.29 is 17.6 Å². The van der Waals surface area contributed by atoms with E-state index in [-0.39, 0.29) is 36.4 Å². The number of hydrogen-bond donors (Lipinski definition) is 1. The Hall–Kier alpha value is -3.15. The van der Waals surface area contributed by atoms with Gasteiger partial charge in [-0.25, -0.2) is 17.5 Å². The minimum absolute atomic E-state index is 0.0330. The topological polar surface area (TPSA) is 100 Å². The summed E-state index contributed by atoms with van der Waals surface area (Å²) in [6.07, 6.45) is 5.50. The van der Waals surface area contributed by atoms with E-state index in [1.165, 1.54) is 21.0 Å². The summed E-state index contributed by atoms with van der Waals surface area (Å²) in [4.78, 5) is 15.3. The minimum atomic E-state index is -3.84. The van der Waals surface area contributed by atoms with Gasteiger partial charge in [0.25, 0.3) is 0 Å². The van der Waals surface area contributed by atoms with Crippen LogP contribution in [0.1, 0.15) is 54.1 Å². The third-order valence-corrected chi connectivity index (χ3v) is 10.2. The number of nitrogens with one attached hydrogen (secondary N) is 1. The molecule has 2 fully saturated rings. The molecular formula is C29H35FN6O3S. The Bertz CT molecular complexity index is 1460. The quantitative estimate of drug-likeness (QED) is 0.472. The van der Waals surface area contributed by atoms with E-state index in [9.17, 15) is 17.6 Å². The van der Waals surface area contributed by atoms with Crippen LogP contribution in [0.25, 0.3) is 0 Å². The number of alkyl halides is 1. The first kappa shape index (κ1) is 27.0. The number of amides is 1. The van der Waals surface area contributed by atoms with Crippen molar-refractivity contribution in [1.29, 1.82) is 0 Å². The number of aromatic nitrogens is 3. The van der Waals surface area contributed by atoms with Gasteiger partial charge in [0.15, 0.2) is 0 Å².